The van der Waals surface area contributed by atoms with Crippen molar-refractivity contribution in [1.29, 1.82) is 0 Å². The summed E-state index contributed by atoms with van der Waals surface area (Å²) in [7, 11) is 2.18. The zero-order valence-electron chi connectivity index (χ0n) is 16.7. The number of hydrogen-bond donors (Lipinski definition) is 1. The molecule has 0 saturated carbocycles. The molecule has 2 aromatic heterocycles. The fraction of sp³-hybridized carbons (Fsp3) is 0.650. The van der Waals surface area contributed by atoms with Gasteiger partial charge >= 0.3 is 6.09 Å². The van der Waals surface area contributed by atoms with E-state index >= 15 is 0 Å². The number of aromatic nitrogens is 3. The highest BCUT2D eigenvalue weighted by Crippen LogP contribution is 2.33. The Kier molecular flexibility index (Phi) is 4.58. The topological polar surface area (TPSA) is 74.3 Å². The second kappa shape index (κ2) is 6.78. The minimum atomic E-state index is -0.464. The van der Waals surface area contributed by atoms with E-state index < -0.39 is 5.60 Å². The molecule has 2 aliphatic rings. The molecule has 4 heterocycles. The first-order chi connectivity index (χ1) is 12.8. The molecule has 7 nitrogen and oxygen atoms in total. The van der Waals surface area contributed by atoms with Crippen LogP contribution in [0.2, 0.25) is 0 Å². The van der Waals surface area contributed by atoms with E-state index in [0.29, 0.717) is 19.0 Å². The lowest BCUT2D eigenvalue weighted by Crippen LogP contribution is -2.50. The fourth-order valence-corrected chi connectivity index (χ4v) is 3.93. The summed E-state index contributed by atoms with van der Waals surface area (Å²) in [5.74, 6) is 1.70. The molecule has 1 amide bonds. The number of ether oxygens (including phenoxy) is 1. The molecule has 27 heavy (non-hydrogen) atoms. The van der Waals surface area contributed by atoms with Crippen molar-refractivity contribution in [2.24, 2.45) is 0 Å². The van der Waals surface area contributed by atoms with E-state index in [4.69, 9.17) is 9.72 Å². The predicted molar refractivity (Wildman–Crippen MR) is 104 cm³/mol. The van der Waals surface area contributed by atoms with Gasteiger partial charge in [0.25, 0.3) is 0 Å². The number of likely N-dealkylation sites (tertiary alicyclic amines) is 2. The van der Waals surface area contributed by atoms with Crippen LogP contribution in [0.15, 0.2) is 12.3 Å². The first-order valence-electron chi connectivity index (χ1n) is 9.81. The molecule has 0 bridgehead atoms. The van der Waals surface area contributed by atoms with Gasteiger partial charge in [-0.2, -0.15) is 0 Å². The van der Waals surface area contributed by atoms with Crippen molar-refractivity contribution in [2.45, 2.75) is 51.0 Å². The molecule has 4 rings (SSSR count). The Morgan fingerprint density at radius 1 is 1.22 bits per heavy atom. The Morgan fingerprint density at radius 3 is 2.59 bits per heavy atom. The van der Waals surface area contributed by atoms with Crippen LogP contribution >= 0.6 is 0 Å². The molecule has 2 fully saturated rings. The predicted octanol–water partition coefficient (Wildman–Crippen LogP) is 3.10. The first-order valence-corrected chi connectivity index (χ1v) is 9.81. The maximum Gasteiger partial charge on any atom is 0.410 e. The lowest BCUT2D eigenvalue weighted by molar-refractivity contribution is 0.00761. The van der Waals surface area contributed by atoms with E-state index in [0.717, 1.165) is 30.1 Å². The number of pyridine rings is 1. The molecule has 0 atom stereocenters. The third-order valence-electron chi connectivity index (χ3n) is 5.52. The highest BCUT2D eigenvalue weighted by molar-refractivity contribution is 5.76. The molecule has 0 aliphatic carbocycles. The molecular formula is C20H29N5O2. The molecule has 0 aromatic carbocycles. The van der Waals surface area contributed by atoms with Crippen molar-refractivity contribution in [2.75, 3.05) is 33.2 Å². The largest absolute Gasteiger partial charge is 0.444 e. The summed E-state index contributed by atoms with van der Waals surface area (Å²) in [5, 5.41) is 0. The smallest absolute Gasteiger partial charge is 0.410 e. The van der Waals surface area contributed by atoms with Gasteiger partial charge in [0.1, 0.15) is 11.4 Å². The van der Waals surface area contributed by atoms with Gasteiger partial charge in [0, 0.05) is 19.3 Å². The summed E-state index contributed by atoms with van der Waals surface area (Å²) in [6.07, 6.45) is 3.95. The third-order valence-corrected chi connectivity index (χ3v) is 5.52. The number of aromatic amines is 1. The van der Waals surface area contributed by atoms with Gasteiger partial charge in [-0.15, -0.1) is 0 Å². The number of carbonyl (C=O) groups excluding carboxylic acids is 1. The van der Waals surface area contributed by atoms with E-state index in [9.17, 15) is 4.79 Å². The average Bonchev–Trinajstić information content (AvgIpc) is 2.96. The van der Waals surface area contributed by atoms with Gasteiger partial charge < -0.3 is 19.5 Å². The third kappa shape index (κ3) is 3.78. The summed E-state index contributed by atoms with van der Waals surface area (Å²) in [4.78, 5) is 28.9. The van der Waals surface area contributed by atoms with Crippen LogP contribution in [0.1, 0.15) is 56.8 Å². The maximum absolute atomic E-state index is 12.1. The van der Waals surface area contributed by atoms with Gasteiger partial charge in [-0.3, -0.25) is 0 Å². The number of imidazole rings is 1. The van der Waals surface area contributed by atoms with Crippen LogP contribution in [0.5, 0.6) is 0 Å². The van der Waals surface area contributed by atoms with Gasteiger partial charge in [-0.1, -0.05) is 0 Å². The van der Waals surface area contributed by atoms with Gasteiger partial charge in [-0.05, 0) is 71.3 Å². The summed E-state index contributed by atoms with van der Waals surface area (Å²) in [6.45, 7) is 9.19. The van der Waals surface area contributed by atoms with Gasteiger partial charge in [-0.25, -0.2) is 14.8 Å². The van der Waals surface area contributed by atoms with E-state index in [-0.39, 0.29) is 12.0 Å². The molecule has 2 aliphatic heterocycles. The molecule has 0 spiro atoms. The highest BCUT2D eigenvalue weighted by atomic mass is 16.6. The monoisotopic (exact) mass is 371 g/mol. The molecular weight excluding hydrogens is 342 g/mol. The van der Waals surface area contributed by atoms with Crippen molar-refractivity contribution < 1.29 is 9.53 Å². The lowest BCUT2D eigenvalue weighted by Gasteiger charge is -2.38. The van der Waals surface area contributed by atoms with Crippen molar-refractivity contribution in [3.63, 3.8) is 0 Å². The van der Waals surface area contributed by atoms with Gasteiger partial charge in [0.05, 0.1) is 11.4 Å². The lowest BCUT2D eigenvalue weighted by atomic mass is 9.89. The zero-order valence-corrected chi connectivity index (χ0v) is 16.7. The molecule has 2 aromatic rings. The Bertz CT molecular complexity index is 826. The number of nitrogens with one attached hydrogen (secondary N) is 1. The maximum atomic E-state index is 12.1. The second-order valence-corrected chi connectivity index (χ2v) is 8.88. The quantitative estimate of drug-likeness (QED) is 0.878. The first kappa shape index (κ1) is 18.2. The van der Waals surface area contributed by atoms with Crippen LogP contribution in [-0.2, 0) is 4.74 Å². The number of piperidine rings is 1. The Balaban J connectivity index is 1.47. The number of H-pyrrole nitrogens is 1. The number of nitrogens with zero attached hydrogens (tertiary/aromatic N) is 4. The molecule has 2 saturated heterocycles. The number of hydrogen-bond acceptors (Lipinski definition) is 5. The Morgan fingerprint density at radius 2 is 1.93 bits per heavy atom. The van der Waals surface area contributed by atoms with Gasteiger partial charge in [0.2, 0.25) is 0 Å². The van der Waals surface area contributed by atoms with E-state index in [2.05, 4.69) is 28.0 Å². The van der Waals surface area contributed by atoms with Crippen LogP contribution in [0, 0.1) is 0 Å². The standard InChI is InChI=1S/C20H29N5O2/c1-20(2,3)27-19(26)25-11-14(12-25)17-22-16-15(5-8-21-18(16)23-17)13-6-9-24(4)10-7-13/h5,8,13-14H,6-7,9-12H2,1-4H3,(H,21,22,23). The van der Waals surface area contributed by atoms with E-state index in [1.54, 1.807) is 4.90 Å². The molecule has 0 radical (unpaired) electrons. The van der Waals surface area contributed by atoms with Gasteiger partial charge in [0.15, 0.2) is 5.65 Å². The summed E-state index contributed by atoms with van der Waals surface area (Å²) in [5.41, 5.74) is 2.72. The van der Waals surface area contributed by atoms with Crippen LogP contribution in [0.3, 0.4) is 0 Å². The normalized spacial score (nSPS) is 20.1. The second-order valence-electron chi connectivity index (χ2n) is 8.88. The fourth-order valence-electron chi connectivity index (χ4n) is 3.93. The van der Waals surface area contributed by atoms with Crippen LogP contribution in [0.25, 0.3) is 11.2 Å². The van der Waals surface area contributed by atoms with E-state index in [1.807, 2.05) is 27.0 Å². The minimum Gasteiger partial charge on any atom is -0.444 e. The SMILES string of the molecule is CN1CCC(c2ccnc3nc(C4CN(C(=O)OC(C)(C)C)C4)[nH]c23)CC1. The van der Waals surface area contributed by atoms with Crippen molar-refractivity contribution >= 4 is 17.3 Å². The number of rotatable bonds is 2. The van der Waals surface area contributed by atoms with Crippen LogP contribution in [0.4, 0.5) is 4.79 Å². The van der Waals surface area contributed by atoms with Crippen LogP contribution < -0.4 is 0 Å². The summed E-state index contributed by atoms with van der Waals surface area (Å²) >= 11 is 0. The molecule has 1 N–H and O–H groups in total. The Hall–Kier alpha value is -2.15. The number of fused-ring (bicyclic) bond motifs is 1. The van der Waals surface area contributed by atoms with Crippen LogP contribution in [-0.4, -0.2) is 69.7 Å². The number of carbonyl (C=O) groups is 1. The Labute approximate surface area is 160 Å². The zero-order chi connectivity index (χ0) is 19.2. The van der Waals surface area contributed by atoms with Crippen molar-refractivity contribution in [1.82, 2.24) is 24.8 Å². The highest BCUT2D eigenvalue weighted by Gasteiger charge is 2.36. The van der Waals surface area contributed by atoms with Crippen molar-refractivity contribution in [3.8, 4) is 0 Å². The molecule has 0 unspecified atom stereocenters. The molecule has 146 valence electrons. The van der Waals surface area contributed by atoms with Crippen molar-refractivity contribution in [3.05, 3.63) is 23.7 Å². The summed E-state index contributed by atoms with van der Waals surface area (Å²) in [6, 6.07) is 2.13. The molecule has 7 heteroatoms. The average molecular weight is 371 g/mol. The number of amides is 1. The minimum absolute atomic E-state index is 0.219. The van der Waals surface area contributed by atoms with E-state index in [1.165, 1.54) is 18.4 Å². The summed E-state index contributed by atoms with van der Waals surface area (Å²) < 4.78 is 5.43.